The van der Waals surface area contributed by atoms with Crippen LogP contribution in [0.15, 0.2) is 12.1 Å². The Morgan fingerprint density at radius 3 is 3.07 bits per heavy atom. The summed E-state index contributed by atoms with van der Waals surface area (Å²) in [5, 5.41) is 0.556. The van der Waals surface area contributed by atoms with Gasteiger partial charge in [0.2, 0.25) is 0 Å². The number of fused-ring (bicyclic) bond motifs is 1. The molecule has 0 saturated carbocycles. The number of halogens is 1. The molecule has 0 aliphatic carbocycles. The normalized spacial score (nSPS) is 19.8. The number of hydrogen-bond donors (Lipinski definition) is 1. The molecule has 0 saturated heterocycles. The molecule has 1 unspecified atom stereocenters. The maximum atomic E-state index is 5.96. The molecule has 0 radical (unpaired) electrons. The van der Waals surface area contributed by atoms with E-state index in [1.807, 2.05) is 6.07 Å². The standard InChI is InChI=1S/C10H12ClNO2/c1-13-10-4-6-8(12)2-3-14-9(6)5-7(10)11/h4-5,8H,2-3,12H2,1H3. The summed E-state index contributed by atoms with van der Waals surface area (Å²) < 4.78 is 10.6. The Hall–Kier alpha value is -0.930. The van der Waals surface area contributed by atoms with Crippen molar-refractivity contribution in [2.45, 2.75) is 12.5 Å². The van der Waals surface area contributed by atoms with Gasteiger partial charge in [0.05, 0.1) is 18.7 Å². The number of ether oxygens (including phenoxy) is 2. The van der Waals surface area contributed by atoms with E-state index in [1.165, 1.54) is 0 Å². The lowest BCUT2D eigenvalue weighted by Gasteiger charge is -2.23. The number of benzene rings is 1. The summed E-state index contributed by atoms with van der Waals surface area (Å²) in [6.07, 6.45) is 0.831. The van der Waals surface area contributed by atoms with E-state index in [9.17, 15) is 0 Å². The monoisotopic (exact) mass is 213 g/mol. The highest BCUT2D eigenvalue weighted by molar-refractivity contribution is 6.32. The number of methoxy groups -OCH3 is 1. The fourth-order valence-electron chi connectivity index (χ4n) is 1.57. The van der Waals surface area contributed by atoms with Crippen molar-refractivity contribution in [2.75, 3.05) is 13.7 Å². The second-order valence-corrected chi connectivity index (χ2v) is 3.68. The van der Waals surface area contributed by atoms with Crippen molar-refractivity contribution >= 4 is 11.6 Å². The average molecular weight is 214 g/mol. The predicted octanol–water partition coefficient (Wildman–Crippen LogP) is 2.13. The Morgan fingerprint density at radius 1 is 1.57 bits per heavy atom. The molecule has 2 rings (SSSR count). The SMILES string of the molecule is COc1cc2c(cc1Cl)OCCC2N. The minimum absolute atomic E-state index is 0.0184. The summed E-state index contributed by atoms with van der Waals surface area (Å²) >= 11 is 5.96. The second-order valence-electron chi connectivity index (χ2n) is 3.27. The number of hydrogen-bond acceptors (Lipinski definition) is 3. The topological polar surface area (TPSA) is 44.5 Å². The van der Waals surface area contributed by atoms with Gasteiger partial charge in [-0.1, -0.05) is 11.6 Å². The maximum Gasteiger partial charge on any atom is 0.138 e. The van der Waals surface area contributed by atoms with Gasteiger partial charge in [0.1, 0.15) is 11.5 Å². The first-order chi connectivity index (χ1) is 6.72. The smallest absolute Gasteiger partial charge is 0.138 e. The first-order valence-electron chi connectivity index (χ1n) is 4.48. The van der Waals surface area contributed by atoms with Crippen molar-refractivity contribution in [3.8, 4) is 11.5 Å². The van der Waals surface area contributed by atoms with E-state index >= 15 is 0 Å². The van der Waals surface area contributed by atoms with E-state index in [2.05, 4.69) is 0 Å². The molecule has 2 N–H and O–H groups in total. The lowest BCUT2D eigenvalue weighted by atomic mass is 10.0. The van der Waals surface area contributed by atoms with Crippen LogP contribution in [0.25, 0.3) is 0 Å². The van der Waals surface area contributed by atoms with Crippen LogP contribution < -0.4 is 15.2 Å². The van der Waals surface area contributed by atoms with E-state index in [0.717, 1.165) is 17.7 Å². The van der Waals surface area contributed by atoms with Crippen molar-refractivity contribution in [2.24, 2.45) is 5.73 Å². The average Bonchev–Trinajstić information content (AvgIpc) is 2.17. The number of rotatable bonds is 1. The molecule has 0 aromatic heterocycles. The van der Waals surface area contributed by atoms with Gasteiger partial charge >= 0.3 is 0 Å². The minimum Gasteiger partial charge on any atom is -0.495 e. The molecule has 1 aromatic carbocycles. The third-order valence-corrected chi connectivity index (χ3v) is 2.67. The van der Waals surface area contributed by atoms with Crippen LogP contribution in [0, 0.1) is 0 Å². The predicted molar refractivity (Wildman–Crippen MR) is 55.0 cm³/mol. The summed E-state index contributed by atoms with van der Waals surface area (Å²) in [6.45, 7) is 0.650. The molecule has 76 valence electrons. The van der Waals surface area contributed by atoms with E-state index in [1.54, 1.807) is 13.2 Å². The van der Waals surface area contributed by atoms with Crippen LogP contribution in [0.5, 0.6) is 11.5 Å². The first-order valence-corrected chi connectivity index (χ1v) is 4.86. The summed E-state index contributed by atoms with van der Waals surface area (Å²) in [7, 11) is 1.59. The van der Waals surface area contributed by atoms with Crippen LogP contribution in [-0.2, 0) is 0 Å². The molecule has 4 heteroatoms. The Balaban J connectivity index is 2.49. The summed E-state index contributed by atoms with van der Waals surface area (Å²) in [5.74, 6) is 1.42. The molecule has 1 aromatic rings. The fraction of sp³-hybridized carbons (Fsp3) is 0.400. The van der Waals surface area contributed by atoms with E-state index in [-0.39, 0.29) is 6.04 Å². The molecular weight excluding hydrogens is 202 g/mol. The zero-order chi connectivity index (χ0) is 10.1. The molecule has 3 nitrogen and oxygen atoms in total. The number of nitrogens with two attached hydrogens (primary N) is 1. The third-order valence-electron chi connectivity index (χ3n) is 2.37. The van der Waals surface area contributed by atoms with Gasteiger partial charge in [-0.25, -0.2) is 0 Å². The summed E-state index contributed by atoms with van der Waals surface area (Å²) in [4.78, 5) is 0. The third kappa shape index (κ3) is 1.53. The van der Waals surface area contributed by atoms with E-state index in [0.29, 0.717) is 17.4 Å². The molecule has 0 fully saturated rings. The molecule has 1 aliphatic rings. The van der Waals surface area contributed by atoms with E-state index < -0.39 is 0 Å². The molecule has 0 amide bonds. The Bertz CT molecular complexity index is 354. The molecule has 1 heterocycles. The Kier molecular flexibility index (Phi) is 2.52. The molecule has 0 spiro atoms. The highest BCUT2D eigenvalue weighted by atomic mass is 35.5. The van der Waals surface area contributed by atoms with Crippen LogP contribution in [0.1, 0.15) is 18.0 Å². The van der Waals surface area contributed by atoms with Crippen molar-refractivity contribution in [1.29, 1.82) is 0 Å². The van der Waals surface area contributed by atoms with Crippen molar-refractivity contribution in [1.82, 2.24) is 0 Å². The highest BCUT2D eigenvalue weighted by Gasteiger charge is 2.20. The van der Waals surface area contributed by atoms with Gasteiger partial charge in [0, 0.05) is 24.1 Å². The largest absolute Gasteiger partial charge is 0.495 e. The zero-order valence-corrected chi connectivity index (χ0v) is 8.67. The maximum absolute atomic E-state index is 5.96. The van der Waals surface area contributed by atoms with Gasteiger partial charge < -0.3 is 15.2 Å². The zero-order valence-electron chi connectivity index (χ0n) is 7.92. The van der Waals surface area contributed by atoms with Gasteiger partial charge in [0.15, 0.2) is 0 Å². The van der Waals surface area contributed by atoms with Crippen LogP contribution in [0.4, 0.5) is 0 Å². The van der Waals surface area contributed by atoms with Crippen molar-refractivity contribution in [3.63, 3.8) is 0 Å². The van der Waals surface area contributed by atoms with Gasteiger partial charge in [-0.05, 0) is 6.07 Å². The van der Waals surface area contributed by atoms with Crippen LogP contribution >= 0.6 is 11.6 Å². The van der Waals surface area contributed by atoms with Crippen molar-refractivity contribution in [3.05, 3.63) is 22.7 Å². The fourth-order valence-corrected chi connectivity index (χ4v) is 1.80. The Labute approximate surface area is 87.8 Å². The van der Waals surface area contributed by atoms with Crippen LogP contribution in [0.2, 0.25) is 5.02 Å². The second kappa shape index (κ2) is 3.67. The van der Waals surface area contributed by atoms with E-state index in [4.69, 9.17) is 26.8 Å². The van der Waals surface area contributed by atoms with Crippen LogP contribution in [-0.4, -0.2) is 13.7 Å². The lowest BCUT2D eigenvalue weighted by molar-refractivity contribution is 0.268. The molecular formula is C10H12ClNO2. The summed E-state index contributed by atoms with van der Waals surface area (Å²) in [5.41, 5.74) is 6.91. The van der Waals surface area contributed by atoms with Crippen LogP contribution in [0.3, 0.4) is 0 Å². The highest BCUT2D eigenvalue weighted by Crippen LogP contribution is 2.38. The molecule has 14 heavy (non-hydrogen) atoms. The van der Waals surface area contributed by atoms with Gasteiger partial charge in [-0.15, -0.1) is 0 Å². The van der Waals surface area contributed by atoms with Gasteiger partial charge in [-0.2, -0.15) is 0 Å². The quantitative estimate of drug-likeness (QED) is 0.777. The first kappa shape index (κ1) is 9.62. The Morgan fingerprint density at radius 2 is 2.36 bits per heavy atom. The lowest BCUT2D eigenvalue weighted by Crippen LogP contribution is -2.20. The van der Waals surface area contributed by atoms with Gasteiger partial charge in [0.25, 0.3) is 0 Å². The summed E-state index contributed by atoms with van der Waals surface area (Å²) in [6, 6.07) is 3.63. The van der Waals surface area contributed by atoms with Crippen molar-refractivity contribution < 1.29 is 9.47 Å². The minimum atomic E-state index is 0.0184. The molecule has 1 aliphatic heterocycles. The van der Waals surface area contributed by atoms with Gasteiger partial charge in [-0.3, -0.25) is 0 Å². The molecule has 0 bridgehead atoms. The molecule has 1 atom stereocenters.